The van der Waals surface area contributed by atoms with E-state index in [1.54, 1.807) is 0 Å². The monoisotopic (exact) mass is 692 g/mol. The molecule has 8 aromatic carbocycles. The van der Waals surface area contributed by atoms with Gasteiger partial charge in [0, 0.05) is 36.9 Å². The fraction of sp³-hybridized carbons (Fsp3) is 0. The van der Waals surface area contributed by atoms with Crippen LogP contribution in [0.25, 0.3) is 98.2 Å². The maximum absolute atomic E-state index is 5.30. The summed E-state index contributed by atoms with van der Waals surface area (Å²) in [5, 5.41) is 4.95. The minimum atomic E-state index is 0.703. The van der Waals surface area contributed by atoms with Crippen LogP contribution in [0, 0.1) is 0 Å². The van der Waals surface area contributed by atoms with Crippen molar-refractivity contribution in [3.05, 3.63) is 194 Å². The Morgan fingerprint density at radius 3 is 1.72 bits per heavy atom. The Kier molecular flexibility index (Phi) is 7.71. The lowest BCUT2D eigenvalue weighted by Gasteiger charge is -2.16. The normalized spacial score (nSPS) is 11.4. The summed E-state index contributed by atoms with van der Waals surface area (Å²) in [5.41, 5.74) is 11.9. The molecule has 0 unspecified atom stereocenters. The molecule has 0 N–H and O–H groups in total. The second-order valence-electron chi connectivity index (χ2n) is 13.4. The molecule has 0 fully saturated rings. The molecule has 2 heterocycles. The zero-order valence-corrected chi connectivity index (χ0v) is 29.6. The maximum atomic E-state index is 5.30. The van der Waals surface area contributed by atoms with E-state index < -0.39 is 0 Å². The third-order valence-corrected chi connectivity index (χ3v) is 11.2. The summed E-state index contributed by atoms with van der Waals surface area (Å²) in [6.07, 6.45) is 0. The van der Waals surface area contributed by atoms with Gasteiger partial charge in [0.05, 0.1) is 11.4 Å². The molecular formula is C50H32N2S. The molecule has 0 aliphatic rings. The fourth-order valence-corrected chi connectivity index (χ4v) is 8.65. The van der Waals surface area contributed by atoms with Gasteiger partial charge in [-0.3, -0.25) is 0 Å². The summed E-state index contributed by atoms with van der Waals surface area (Å²) in [5.74, 6) is 0.703. The van der Waals surface area contributed by atoms with Crippen LogP contribution in [0.3, 0.4) is 0 Å². The Morgan fingerprint density at radius 1 is 0.302 bits per heavy atom. The van der Waals surface area contributed by atoms with Crippen LogP contribution in [0.4, 0.5) is 0 Å². The molecule has 2 aromatic heterocycles. The molecule has 0 bridgehead atoms. The molecule has 0 atom stereocenters. The zero-order valence-electron chi connectivity index (χ0n) is 28.8. The Bertz CT molecular complexity index is 2940. The van der Waals surface area contributed by atoms with E-state index in [1.165, 1.54) is 53.2 Å². The van der Waals surface area contributed by atoms with E-state index in [0.29, 0.717) is 5.82 Å². The summed E-state index contributed by atoms with van der Waals surface area (Å²) in [6, 6.07) is 69.3. The second kappa shape index (κ2) is 13.1. The van der Waals surface area contributed by atoms with Crippen LogP contribution in [0.5, 0.6) is 0 Å². The second-order valence-corrected chi connectivity index (χ2v) is 14.5. The summed E-state index contributed by atoms with van der Waals surface area (Å²) >= 11 is 1.85. The number of thiophene rings is 1. The SMILES string of the molecule is c1ccc(-c2nc(-c3cc(-c4ccc5c(c4)sc4ccccc45)cc(-c4ccccc4-c4ccccc4)c3)cc(-c3cccc4ccccc34)n2)cc1. The first-order valence-electron chi connectivity index (χ1n) is 17.9. The fourth-order valence-electron chi connectivity index (χ4n) is 7.51. The Balaban J connectivity index is 1.23. The quantitative estimate of drug-likeness (QED) is 0.173. The molecule has 0 aliphatic carbocycles. The van der Waals surface area contributed by atoms with Gasteiger partial charge in [0.1, 0.15) is 0 Å². The predicted molar refractivity (Wildman–Crippen MR) is 225 cm³/mol. The molecule has 53 heavy (non-hydrogen) atoms. The van der Waals surface area contributed by atoms with Crippen LogP contribution in [-0.4, -0.2) is 9.97 Å². The Morgan fingerprint density at radius 2 is 0.887 bits per heavy atom. The number of aromatic nitrogens is 2. The van der Waals surface area contributed by atoms with Crippen molar-refractivity contribution < 1.29 is 0 Å². The molecular weight excluding hydrogens is 661 g/mol. The van der Waals surface area contributed by atoms with Gasteiger partial charge in [-0.2, -0.15) is 0 Å². The highest BCUT2D eigenvalue weighted by Crippen LogP contribution is 2.41. The molecule has 248 valence electrons. The summed E-state index contributed by atoms with van der Waals surface area (Å²) in [6.45, 7) is 0. The third-order valence-electron chi connectivity index (χ3n) is 10.1. The van der Waals surface area contributed by atoms with Gasteiger partial charge in [-0.05, 0) is 80.6 Å². The largest absolute Gasteiger partial charge is 0.228 e. The van der Waals surface area contributed by atoms with Gasteiger partial charge in [-0.25, -0.2) is 9.97 Å². The van der Waals surface area contributed by atoms with Crippen LogP contribution in [0.2, 0.25) is 0 Å². The van der Waals surface area contributed by atoms with E-state index in [2.05, 4.69) is 176 Å². The number of benzene rings is 8. The molecule has 0 amide bonds. The van der Waals surface area contributed by atoms with E-state index in [-0.39, 0.29) is 0 Å². The molecule has 3 heteroatoms. The van der Waals surface area contributed by atoms with Gasteiger partial charge in [0.2, 0.25) is 0 Å². The number of fused-ring (bicyclic) bond motifs is 4. The van der Waals surface area contributed by atoms with Gasteiger partial charge in [-0.15, -0.1) is 11.3 Å². The molecule has 0 saturated carbocycles. The smallest absolute Gasteiger partial charge is 0.160 e. The van der Waals surface area contributed by atoms with E-state index in [0.717, 1.165) is 39.2 Å². The van der Waals surface area contributed by atoms with Crippen molar-refractivity contribution in [2.75, 3.05) is 0 Å². The van der Waals surface area contributed by atoms with Gasteiger partial charge < -0.3 is 0 Å². The van der Waals surface area contributed by atoms with Gasteiger partial charge in [-0.1, -0.05) is 158 Å². The Labute approximate surface area is 312 Å². The first kappa shape index (κ1) is 31.1. The molecule has 0 spiro atoms. The lowest BCUT2D eigenvalue weighted by atomic mass is 9.90. The molecule has 2 nitrogen and oxygen atoms in total. The van der Waals surface area contributed by atoms with Crippen molar-refractivity contribution in [3.63, 3.8) is 0 Å². The van der Waals surface area contributed by atoms with Crippen molar-refractivity contribution in [2.45, 2.75) is 0 Å². The van der Waals surface area contributed by atoms with Crippen LogP contribution >= 0.6 is 11.3 Å². The average Bonchev–Trinajstić information content (AvgIpc) is 3.62. The topological polar surface area (TPSA) is 25.8 Å². The number of nitrogens with zero attached hydrogens (tertiary/aromatic N) is 2. The molecule has 10 aromatic rings. The Hall–Kier alpha value is -6.68. The summed E-state index contributed by atoms with van der Waals surface area (Å²) in [4.78, 5) is 10.5. The van der Waals surface area contributed by atoms with Gasteiger partial charge in [0.25, 0.3) is 0 Å². The zero-order chi connectivity index (χ0) is 35.1. The van der Waals surface area contributed by atoms with Gasteiger partial charge in [0.15, 0.2) is 5.82 Å². The van der Waals surface area contributed by atoms with Gasteiger partial charge >= 0.3 is 0 Å². The van der Waals surface area contributed by atoms with Crippen LogP contribution in [0.1, 0.15) is 0 Å². The third kappa shape index (κ3) is 5.78. The summed E-state index contributed by atoms with van der Waals surface area (Å²) < 4.78 is 2.59. The minimum Gasteiger partial charge on any atom is -0.228 e. The highest BCUT2D eigenvalue weighted by molar-refractivity contribution is 7.25. The highest BCUT2D eigenvalue weighted by Gasteiger charge is 2.17. The molecule has 0 radical (unpaired) electrons. The van der Waals surface area contributed by atoms with E-state index in [1.807, 2.05) is 29.5 Å². The number of rotatable bonds is 6. The minimum absolute atomic E-state index is 0.703. The first-order chi connectivity index (χ1) is 26.2. The highest BCUT2D eigenvalue weighted by atomic mass is 32.1. The lowest BCUT2D eigenvalue weighted by molar-refractivity contribution is 1.18. The van der Waals surface area contributed by atoms with Crippen molar-refractivity contribution in [1.82, 2.24) is 9.97 Å². The average molecular weight is 693 g/mol. The molecule has 10 rings (SSSR count). The van der Waals surface area contributed by atoms with Crippen molar-refractivity contribution in [3.8, 4) is 67.3 Å². The van der Waals surface area contributed by atoms with Crippen molar-refractivity contribution in [1.29, 1.82) is 0 Å². The van der Waals surface area contributed by atoms with E-state index >= 15 is 0 Å². The summed E-state index contributed by atoms with van der Waals surface area (Å²) in [7, 11) is 0. The lowest BCUT2D eigenvalue weighted by Crippen LogP contribution is -1.97. The van der Waals surface area contributed by atoms with Crippen LogP contribution in [0.15, 0.2) is 194 Å². The molecule has 0 aliphatic heterocycles. The van der Waals surface area contributed by atoms with Crippen LogP contribution < -0.4 is 0 Å². The predicted octanol–water partition coefficient (Wildman–Crippen LogP) is 14.0. The van der Waals surface area contributed by atoms with Crippen molar-refractivity contribution >= 4 is 42.3 Å². The first-order valence-corrected chi connectivity index (χ1v) is 18.7. The number of hydrogen-bond donors (Lipinski definition) is 0. The maximum Gasteiger partial charge on any atom is 0.160 e. The molecule has 0 saturated heterocycles. The standard InChI is InChI=1S/C50H32N2S/c1-3-14-33(15-4-1)40-20-9-10-22-42(40)38-28-37(36-26-27-45-44-23-11-12-25-48(44)53-49(45)31-36)29-39(30-38)46-32-47(52-50(51-46)35-17-5-2-6-18-35)43-24-13-19-34-16-7-8-21-41(34)43/h1-32H. The number of hydrogen-bond acceptors (Lipinski definition) is 3. The van der Waals surface area contributed by atoms with E-state index in [9.17, 15) is 0 Å². The van der Waals surface area contributed by atoms with E-state index in [4.69, 9.17) is 9.97 Å². The van der Waals surface area contributed by atoms with Crippen LogP contribution in [-0.2, 0) is 0 Å². The van der Waals surface area contributed by atoms with Crippen molar-refractivity contribution in [2.24, 2.45) is 0 Å².